The highest BCUT2D eigenvalue weighted by Crippen LogP contribution is 2.18. The van der Waals surface area contributed by atoms with Gasteiger partial charge in [-0.3, -0.25) is 0 Å². The third kappa shape index (κ3) is 4.23. The Bertz CT molecular complexity index is 214. The number of nitrogens with one attached hydrogen (secondary N) is 2. The second-order valence-corrected chi connectivity index (χ2v) is 5.96. The van der Waals surface area contributed by atoms with Gasteiger partial charge in [0.25, 0.3) is 0 Å². The smallest absolute Gasteiger partial charge is 0.0624 e. The summed E-state index contributed by atoms with van der Waals surface area (Å²) in [6.45, 7) is 8.97. The Morgan fingerprint density at radius 3 is 2.71 bits per heavy atom. The maximum Gasteiger partial charge on any atom is 0.0624 e. The fourth-order valence-electron chi connectivity index (χ4n) is 2.90. The van der Waals surface area contributed by atoms with Crippen molar-refractivity contribution in [2.45, 2.75) is 51.7 Å². The van der Waals surface area contributed by atoms with Crippen molar-refractivity contribution in [2.24, 2.45) is 11.8 Å². The van der Waals surface area contributed by atoms with Gasteiger partial charge in [-0.25, -0.2) is 0 Å². The van der Waals surface area contributed by atoms with Gasteiger partial charge in [-0.1, -0.05) is 13.8 Å². The third-order valence-corrected chi connectivity index (χ3v) is 4.27. The lowest BCUT2D eigenvalue weighted by atomic mass is 9.95. The average Bonchev–Trinajstić information content (AvgIpc) is 2.34. The largest absolute Gasteiger partial charge is 0.378 e. The molecular formula is C14H28N2O. The van der Waals surface area contributed by atoms with Crippen LogP contribution >= 0.6 is 0 Å². The van der Waals surface area contributed by atoms with Crippen molar-refractivity contribution in [2.75, 3.05) is 26.2 Å². The van der Waals surface area contributed by atoms with E-state index < -0.39 is 0 Å². The van der Waals surface area contributed by atoms with Crippen molar-refractivity contribution in [1.29, 1.82) is 0 Å². The van der Waals surface area contributed by atoms with E-state index in [1.807, 2.05) is 0 Å². The standard InChI is InChI=1S/C14H28N2O/c1-11-3-4-13(16-9-11)6-8-17-14-5-7-15-10-12(14)2/h11-16H,3-10H2,1-2H3/t11-,12+,13+,14+/m0/s1. The third-order valence-electron chi connectivity index (χ3n) is 4.27. The molecule has 0 unspecified atom stereocenters. The van der Waals surface area contributed by atoms with Crippen molar-refractivity contribution in [3.63, 3.8) is 0 Å². The van der Waals surface area contributed by atoms with Crippen molar-refractivity contribution in [3.05, 3.63) is 0 Å². The zero-order valence-electron chi connectivity index (χ0n) is 11.4. The lowest BCUT2D eigenvalue weighted by Gasteiger charge is -2.31. The summed E-state index contributed by atoms with van der Waals surface area (Å²) in [5.74, 6) is 1.53. The highest BCUT2D eigenvalue weighted by molar-refractivity contribution is 4.78. The molecule has 0 aromatic heterocycles. The van der Waals surface area contributed by atoms with Crippen LogP contribution < -0.4 is 10.6 Å². The van der Waals surface area contributed by atoms with Gasteiger partial charge in [0.2, 0.25) is 0 Å². The van der Waals surface area contributed by atoms with Gasteiger partial charge >= 0.3 is 0 Å². The summed E-state index contributed by atoms with van der Waals surface area (Å²) in [6.07, 6.45) is 5.55. The van der Waals surface area contributed by atoms with Gasteiger partial charge in [-0.2, -0.15) is 0 Å². The molecule has 100 valence electrons. The maximum absolute atomic E-state index is 6.04. The first-order chi connectivity index (χ1) is 8.25. The molecule has 3 heteroatoms. The van der Waals surface area contributed by atoms with Crippen LogP contribution in [0.3, 0.4) is 0 Å². The number of ether oxygens (including phenoxy) is 1. The van der Waals surface area contributed by atoms with Gasteiger partial charge in [0.15, 0.2) is 0 Å². The van der Waals surface area contributed by atoms with Crippen molar-refractivity contribution >= 4 is 0 Å². The predicted molar refractivity (Wildman–Crippen MR) is 71.2 cm³/mol. The first-order valence-electron chi connectivity index (χ1n) is 7.31. The van der Waals surface area contributed by atoms with Gasteiger partial charge < -0.3 is 15.4 Å². The molecular weight excluding hydrogens is 212 g/mol. The second kappa shape index (κ2) is 6.72. The van der Waals surface area contributed by atoms with Gasteiger partial charge in [-0.15, -0.1) is 0 Å². The Morgan fingerprint density at radius 2 is 2.00 bits per heavy atom. The van der Waals surface area contributed by atoms with Crippen LogP contribution in [0.25, 0.3) is 0 Å². The molecule has 2 aliphatic rings. The van der Waals surface area contributed by atoms with E-state index in [0.29, 0.717) is 18.1 Å². The molecule has 2 fully saturated rings. The highest BCUT2D eigenvalue weighted by Gasteiger charge is 2.22. The van der Waals surface area contributed by atoms with Crippen LogP contribution in [0.15, 0.2) is 0 Å². The molecule has 2 aliphatic heterocycles. The van der Waals surface area contributed by atoms with E-state index in [2.05, 4.69) is 24.5 Å². The van der Waals surface area contributed by atoms with Crippen LogP contribution in [0.2, 0.25) is 0 Å². The molecule has 0 radical (unpaired) electrons. The van der Waals surface area contributed by atoms with Crippen LogP contribution in [-0.2, 0) is 4.74 Å². The molecule has 0 aromatic rings. The molecule has 3 nitrogen and oxygen atoms in total. The van der Waals surface area contributed by atoms with Crippen LogP contribution in [0, 0.1) is 11.8 Å². The summed E-state index contributed by atoms with van der Waals surface area (Å²) in [4.78, 5) is 0. The molecule has 2 rings (SSSR count). The summed E-state index contributed by atoms with van der Waals surface area (Å²) in [6, 6.07) is 0.697. The van der Waals surface area contributed by atoms with Gasteiger partial charge in [0.05, 0.1) is 6.10 Å². The Hall–Kier alpha value is -0.120. The van der Waals surface area contributed by atoms with E-state index in [4.69, 9.17) is 4.74 Å². The zero-order valence-corrected chi connectivity index (χ0v) is 11.4. The lowest BCUT2D eigenvalue weighted by Crippen LogP contribution is -2.41. The summed E-state index contributed by atoms with van der Waals surface area (Å²) < 4.78 is 6.04. The van der Waals surface area contributed by atoms with E-state index >= 15 is 0 Å². The predicted octanol–water partition coefficient (Wildman–Crippen LogP) is 1.78. The number of piperidine rings is 2. The topological polar surface area (TPSA) is 33.3 Å². The molecule has 0 aromatic carbocycles. The van der Waals surface area contributed by atoms with Crippen LogP contribution in [0.4, 0.5) is 0 Å². The SMILES string of the molecule is C[C@H]1CC[C@H](CCO[C@@H]2CCNC[C@H]2C)NC1. The van der Waals surface area contributed by atoms with E-state index in [0.717, 1.165) is 25.6 Å². The normalized spacial score (nSPS) is 39.2. The minimum Gasteiger partial charge on any atom is -0.378 e. The first kappa shape index (κ1) is 13.3. The molecule has 0 amide bonds. The fourth-order valence-corrected chi connectivity index (χ4v) is 2.90. The van der Waals surface area contributed by atoms with Crippen LogP contribution in [0.5, 0.6) is 0 Å². The van der Waals surface area contributed by atoms with Crippen molar-refractivity contribution in [3.8, 4) is 0 Å². The molecule has 4 atom stereocenters. The number of rotatable bonds is 4. The van der Waals surface area contributed by atoms with E-state index in [1.165, 1.54) is 32.2 Å². The van der Waals surface area contributed by atoms with Crippen molar-refractivity contribution < 1.29 is 4.74 Å². The highest BCUT2D eigenvalue weighted by atomic mass is 16.5. The molecule has 0 bridgehead atoms. The maximum atomic E-state index is 6.04. The van der Waals surface area contributed by atoms with Crippen LogP contribution in [0.1, 0.15) is 39.5 Å². The van der Waals surface area contributed by atoms with Gasteiger partial charge in [0.1, 0.15) is 0 Å². The quantitative estimate of drug-likeness (QED) is 0.786. The number of hydrogen-bond donors (Lipinski definition) is 2. The Morgan fingerprint density at radius 1 is 1.12 bits per heavy atom. The Balaban J connectivity index is 1.59. The monoisotopic (exact) mass is 240 g/mol. The van der Waals surface area contributed by atoms with Crippen LogP contribution in [-0.4, -0.2) is 38.4 Å². The van der Waals surface area contributed by atoms with Crippen molar-refractivity contribution in [1.82, 2.24) is 10.6 Å². The fraction of sp³-hybridized carbons (Fsp3) is 1.00. The summed E-state index contributed by atoms with van der Waals surface area (Å²) in [7, 11) is 0. The molecule has 0 aliphatic carbocycles. The molecule has 2 heterocycles. The summed E-state index contributed by atoms with van der Waals surface area (Å²) in [5.41, 5.74) is 0. The molecule has 17 heavy (non-hydrogen) atoms. The molecule has 0 saturated carbocycles. The lowest BCUT2D eigenvalue weighted by molar-refractivity contribution is -0.00417. The second-order valence-electron chi connectivity index (χ2n) is 5.96. The van der Waals surface area contributed by atoms with E-state index in [9.17, 15) is 0 Å². The van der Waals surface area contributed by atoms with E-state index in [1.54, 1.807) is 0 Å². The Labute approximate surface area is 106 Å². The number of hydrogen-bond acceptors (Lipinski definition) is 3. The first-order valence-corrected chi connectivity index (χ1v) is 7.31. The van der Waals surface area contributed by atoms with Gasteiger partial charge in [0, 0.05) is 19.2 Å². The minimum absolute atomic E-state index is 0.485. The molecule has 2 saturated heterocycles. The zero-order chi connectivity index (χ0) is 12.1. The van der Waals surface area contributed by atoms with E-state index in [-0.39, 0.29) is 0 Å². The average molecular weight is 240 g/mol. The minimum atomic E-state index is 0.485. The van der Waals surface area contributed by atoms with Gasteiger partial charge in [-0.05, 0) is 50.6 Å². The summed E-state index contributed by atoms with van der Waals surface area (Å²) >= 11 is 0. The molecule has 2 N–H and O–H groups in total. The molecule has 0 spiro atoms. The summed E-state index contributed by atoms with van der Waals surface area (Å²) in [5, 5.41) is 7.04. The Kier molecular flexibility index (Phi) is 5.26.